The normalized spacial score (nSPS) is 13.0. The van der Waals surface area contributed by atoms with Crippen molar-refractivity contribution in [1.29, 1.82) is 0 Å². The molecule has 1 amide bonds. The number of carbonyl (C=O) groups is 1. The van der Waals surface area contributed by atoms with Gasteiger partial charge in [-0.25, -0.2) is 4.98 Å². The van der Waals surface area contributed by atoms with E-state index in [9.17, 15) is 4.79 Å². The molecule has 25 heavy (non-hydrogen) atoms. The van der Waals surface area contributed by atoms with E-state index in [1.807, 2.05) is 37.3 Å². The molecule has 0 saturated carbocycles. The van der Waals surface area contributed by atoms with Crippen LogP contribution in [-0.2, 0) is 0 Å². The standard InChI is InChI=1S/C17H13Cl3N2O2S/c1-10-6-2-3-7-11(10)14(23)22-15(17(18,19)20)25-16-21-12-8-4-5-9-13(12)24-16/h2-9,15H,1H3,(H,22,23)/t15-/m0/s1. The Bertz CT molecular complexity index is 875. The molecule has 0 aliphatic carbocycles. The number of nitrogens with zero attached hydrogens (tertiary/aromatic N) is 1. The quantitative estimate of drug-likeness (QED) is 0.354. The lowest BCUT2D eigenvalue weighted by molar-refractivity contribution is 0.0949. The van der Waals surface area contributed by atoms with Gasteiger partial charge < -0.3 is 9.73 Å². The first kappa shape index (κ1) is 18.4. The Morgan fingerprint density at radius 1 is 1.16 bits per heavy atom. The molecule has 0 aliphatic heterocycles. The minimum Gasteiger partial charge on any atom is -0.431 e. The monoisotopic (exact) mass is 414 g/mol. The Kier molecular flexibility index (Phi) is 5.49. The molecule has 0 bridgehead atoms. The molecule has 0 saturated heterocycles. The van der Waals surface area contributed by atoms with Crippen LogP contribution in [0.1, 0.15) is 15.9 Å². The second-order valence-electron chi connectivity index (χ2n) is 5.28. The van der Waals surface area contributed by atoms with Crippen molar-refractivity contribution < 1.29 is 9.21 Å². The lowest BCUT2D eigenvalue weighted by Gasteiger charge is -2.23. The number of alkyl halides is 3. The number of thioether (sulfide) groups is 1. The second-order valence-corrected chi connectivity index (χ2v) is 8.70. The molecule has 3 rings (SSSR count). The summed E-state index contributed by atoms with van der Waals surface area (Å²) in [5, 5.41) is 2.17. The molecule has 130 valence electrons. The summed E-state index contributed by atoms with van der Waals surface area (Å²) in [6, 6.07) is 14.5. The van der Waals surface area contributed by atoms with E-state index in [0.717, 1.165) is 17.3 Å². The van der Waals surface area contributed by atoms with Gasteiger partial charge in [-0.15, -0.1) is 0 Å². The van der Waals surface area contributed by atoms with Crippen molar-refractivity contribution in [3.63, 3.8) is 0 Å². The fourth-order valence-electron chi connectivity index (χ4n) is 2.20. The van der Waals surface area contributed by atoms with Crippen molar-refractivity contribution in [3.05, 3.63) is 59.7 Å². The van der Waals surface area contributed by atoms with Crippen molar-refractivity contribution >= 4 is 63.6 Å². The molecule has 2 aromatic carbocycles. The van der Waals surface area contributed by atoms with Crippen molar-refractivity contribution in [1.82, 2.24) is 10.3 Å². The van der Waals surface area contributed by atoms with Crippen LogP contribution in [0.4, 0.5) is 0 Å². The summed E-state index contributed by atoms with van der Waals surface area (Å²) in [7, 11) is 0. The maximum absolute atomic E-state index is 12.5. The molecule has 4 nitrogen and oxygen atoms in total. The fraction of sp³-hybridized carbons (Fsp3) is 0.176. The highest BCUT2D eigenvalue weighted by molar-refractivity contribution is 8.00. The van der Waals surface area contributed by atoms with E-state index in [2.05, 4.69) is 10.3 Å². The Balaban J connectivity index is 1.83. The van der Waals surface area contributed by atoms with E-state index < -0.39 is 9.17 Å². The lowest BCUT2D eigenvalue weighted by Crippen LogP contribution is -2.41. The average molecular weight is 416 g/mol. The molecule has 0 aliphatic rings. The summed E-state index contributed by atoms with van der Waals surface area (Å²) in [4.78, 5) is 16.9. The summed E-state index contributed by atoms with van der Waals surface area (Å²) in [5.41, 5.74) is 2.66. The summed E-state index contributed by atoms with van der Waals surface area (Å²) >= 11 is 19.2. The molecule has 0 unspecified atom stereocenters. The molecule has 1 N–H and O–H groups in total. The van der Waals surface area contributed by atoms with E-state index >= 15 is 0 Å². The molecule has 1 aromatic heterocycles. The van der Waals surface area contributed by atoms with Crippen molar-refractivity contribution in [2.24, 2.45) is 0 Å². The lowest BCUT2D eigenvalue weighted by atomic mass is 10.1. The summed E-state index contributed by atoms with van der Waals surface area (Å²) in [5.74, 6) is -0.335. The zero-order valence-electron chi connectivity index (χ0n) is 13.0. The van der Waals surface area contributed by atoms with Crippen LogP contribution in [0.15, 0.2) is 58.2 Å². The van der Waals surface area contributed by atoms with Gasteiger partial charge in [-0.1, -0.05) is 65.1 Å². The summed E-state index contributed by atoms with van der Waals surface area (Å²) < 4.78 is 3.88. The Hall–Kier alpha value is -1.40. The number of hydrogen-bond donors (Lipinski definition) is 1. The molecule has 0 radical (unpaired) electrons. The van der Waals surface area contributed by atoms with E-state index in [1.165, 1.54) is 0 Å². The predicted octanol–water partition coefficient (Wildman–Crippen LogP) is 5.35. The number of rotatable bonds is 4. The van der Waals surface area contributed by atoms with Gasteiger partial charge in [0.1, 0.15) is 10.9 Å². The summed E-state index contributed by atoms with van der Waals surface area (Å²) in [6.07, 6.45) is 0. The van der Waals surface area contributed by atoms with E-state index in [4.69, 9.17) is 39.2 Å². The van der Waals surface area contributed by atoms with Gasteiger partial charge in [0.05, 0.1) is 0 Å². The minimum absolute atomic E-state index is 0.308. The highest BCUT2D eigenvalue weighted by Crippen LogP contribution is 2.39. The largest absolute Gasteiger partial charge is 0.431 e. The number of aryl methyl sites for hydroxylation is 1. The molecule has 1 atom stereocenters. The number of nitrogens with one attached hydrogen (secondary N) is 1. The number of fused-ring (bicyclic) bond motifs is 1. The number of carbonyl (C=O) groups excluding carboxylic acids is 1. The van der Waals surface area contributed by atoms with Crippen molar-refractivity contribution in [2.75, 3.05) is 0 Å². The van der Waals surface area contributed by atoms with Crippen LogP contribution in [0.3, 0.4) is 0 Å². The second kappa shape index (κ2) is 7.46. The predicted molar refractivity (Wildman–Crippen MR) is 103 cm³/mol. The van der Waals surface area contributed by atoms with Gasteiger partial charge in [0.25, 0.3) is 11.1 Å². The van der Waals surface area contributed by atoms with E-state index in [0.29, 0.717) is 21.9 Å². The first-order valence-electron chi connectivity index (χ1n) is 7.30. The first-order valence-corrected chi connectivity index (χ1v) is 9.31. The summed E-state index contributed by atoms with van der Waals surface area (Å²) in [6.45, 7) is 1.84. The first-order chi connectivity index (χ1) is 11.8. The maximum atomic E-state index is 12.5. The van der Waals surface area contributed by atoms with Gasteiger partial charge in [-0.05, 0) is 42.4 Å². The van der Waals surface area contributed by atoms with Gasteiger partial charge >= 0.3 is 0 Å². The molecule has 3 aromatic rings. The van der Waals surface area contributed by atoms with E-state index in [-0.39, 0.29) is 5.91 Å². The van der Waals surface area contributed by atoms with E-state index in [1.54, 1.807) is 18.2 Å². The zero-order chi connectivity index (χ0) is 18.0. The number of hydrogen-bond acceptors (Lipinski definition) is 4. The number of amides is 1. The Morgan fingerprint density at radius 2 is 1.84 bits per heavy atom. The maximum Gasteiger partial charge on any atom is 0.258 e. The molecular weight excluding hydrogens is 403 g/mol. The molecular formula is C17H13Cl3N2O2S. The van der Waals surface area contributed by atoms with Crippen molar-refractivity contribution in [3.8, 4) is 0 Å². The number of aromatic nitrogens is 1. The van der Waals surface area contributed by atoms with Gasteiger partial charge in [0.15, 0.2) is 5.58 Å². The van der Waals surface area contributed by atoms with Crippen LogP contribution in [0.5, 0.6) is 0 Å². The van der Waals surface area contributed by atoms with Gasteiger partial charge in [-0.3, -0.25) is 4.79 Å². The third-order valence-electron chi connectivity index (χ3n) is 3.44. The highest BCUT2D eigenvalue weighted by Gasteiger charge is 2.36. The van der Waals surface area contributed by atoms with Crippen LogP contribution in [-0.4, -0.2) is 20.1 Å². The topological polar surface area (TPSA) is 55.1 Å². The number of halogens is 3. The molecule has 8 heteroatoms. The smallest absolute Gasteiger partial charge is 0.258 e. The Morgan fingerprint density at radius 3 is 2.52 bits per heavy atom. The Labute approximate surface area is 163 Å². The average Bonchev–Trinajstić information content (AvgIpc) is 2.96. The molecule has 0 fully saturated rings. The fourth-order valence-corrected chi connectivity index (χ4v) is 3.56. The van der Waals surface area contributed by atoms with Gasteiger partial charge in [-0.2, -0.15) is 0 Å². The molecule has 0 spiro atoms. The van der Waals surface area contributed by atoms with Crippen LogP contribution in [0.2, 0.25) is 0 Å². The van der Waals surface area contributed by atoms with Gasteiger partial charge in [0, 0.05) is 5.56 Å². The third-order valence-corrected chi connectivity index (χ3v) is 5.57. The van der Waals surface area contributed by atoms with Crippen LogP contribution in [0, 0.1) is 6.92 Å². The third kappa shape index (κ3) is 4.42. The number of oxazole rings is 1. The zero-order valence-corrected chi connectivity index (χ0v) is 16.1. The number of para-hydroxylation sites is 2. The van der Waals surface area contributed by atoms with Crippen LogP contribution in [0.25, 0.3) is 11.1 Å². The SMILES string of the molecule is Cc1ccccc1C(=O)N[C@@H](Sc1nc2ccccc2o1)C(Cl)(Cl)Cl. The highest BCUT2D eigenvalue weighted by atomic mass is 35.6. The van der Waals surface area contributed by atoms with Crippen molar-refractivity contribution in [2.45, 2.75) is 21.3 Å². The van der Waals surface area contributed by atoms with Crippen LogP contribution >= 0.6 is 46.6 Å². The van der Waals surface area contributed by atoms with Crippen LogP contribution < -0.4 is 5.32 Å². The molecule has 1 heterocycles. The minimum atomic E-state index is -1.75. The van der Waals surface area contributed by atoms with Gasteiger partial charge in [0.2, 0.25) is 3.79 Å². The number of benzene rings is 2.